The lowest BCUT2D eigenvalue weighted by Gasteiger charge is -2.18. The van der Waals surface area contributed by atoms with Gasteiger partial charge in [0.1, 0.15) is 23.7 Å². The number of esters is 1. The van der Waals surface area contributed by atoms with E-state index in [2.05, 4.69) is 0 Å². The van der Waals surface area contributed by atoms with Crippen molar-refractivity contribution in [2.45, 2.75) is 52.1 Å². The van der Waals surface area contributed by atoms with Gasteiger partial charge < -0.3 is 19.7 Å². The number of carbonyl (C=O) groups is 2. The van der Waals surface area contributed by atoms with Crippen molar-refractivity contribution < 1.29 is 29.3 Å². The highest BCUT2D eigenvalue weighted by molar-refractivity contribution is 5.98. The average Bonchev–Trinajstić information content (AvgIpc) is 2.87. The smallest absolute Gasteiger partial charge is 0.342 e. The summed E-state index contributed by atoms with van der Waals surface area (Å²) in [5, 5.41) is 20.1. The van der Waals surface area contributed by atoms with Gasteiger partial charge >= 0.3 is 11.9 Å². The predicted octanol–water partition coefficient (Wildman–Crippen LogP) is 3.76. The van der Waals surface area contributed by atoms with Crippen LogP contribution in [-0.4, -0.2) is 29.3 Å². The fourth-order valence-electron chi connectivity index (χ4n) is 4.26. The van der Waals surface area contributed by atoms with E-state index in [1.165, 1.54) is 7.11 Å². The van der Waals surface area contributed by atoms with E-state index < -0.39 is 11.9 Å². The minimum Gasteiger partial charge on any atom is -0.507 e. The predicted molar refractivity (Wildman–Crippen MR) is 99.1 cm³/mol. The standard InChI is InChI=1S/C21H26O6/c1-12-16-11-27-21(25)17(16)18(22)15(19(12)26-2)10-6-8-13-7-4-3-5-9-14(13)20(23)24/h6,8,13-14,22H,3-5,7,9-11H2,1-2H3,(H,23,24)/b8-6+. The summed E-state index contributed by atoms with van der Waals surface area (Å²) in [6, 6.07) is 0. The number of benzene rings is 1. The third kappa shape index (κ3) is 3.66. The lowest BCUT2D eigenvalue weighted by atomic mass is 9.87. The molecule has 2 N–H and O–H groups in total. The van der Waals surface area contributed by atoms with Crippen LogP contribution in [0.2, 0.25) is 0 Å². The molecule has 0 amide bonds. The number of allylic oxidation sites excluding steroid dienone is 2. The number of rotatable bonds is 5. The second kappa shape index (κ2) is 8.03. The lowest BCUT2D eigenvalue weighted by Crippen LogP contribution is -2.21. The summed E-state index contributed by atoms with van der Waals surface area (Å²) in [5.41, 5.74) is 2.20. The Labute approximate surface area is 158 Å². The fraction of sp³-hybridized carbons (Fsp3) is 0.524. The molecule has 2 unspecified atom stereocenters. The zero-order valence-corrected chi connectivity index (χ0v) is 15.8. The first-order valence-corrected chi connectivity index (χ1v) is 9.43. The SMILES string of the molecule is COc1c(C)c2c(c(O)c1C/C=C/C1CCCCCC1C(=O)O)C(=O)OC2. The minimum atomic E-state index is -0.747. The van der Waals surface area contributed by atoms with Crippen molar-refractivity contribution in [2.24, 2.45) is 11.8 Å². The summed E-state index contributed by atoms with van der Waals surface area (Å²) in [5.74, 6) is -1.20. The van der Waals surface area contributed by atoms with Crippen molar-refractivity contribution in [3.63, 3.8) is 0 Å². The Balaban J connectivity index is 1.88. The number of fused-ring (bicyclic) bond motifs is 1. The summed E-state index contributed by atoms with van der Waals surface area (Å²) in [4.78, 5) is 23.5. The van der Waals surface area contributed by atoms with Crippen molar-refractivity contribution in [3.8, 4) is 11.5 Å². The van der Waals surface area contributed by atoms with Crippen molar-refractivity contribution in [3.05, 3.63) is 34.4 Å². The van der Waals surface area contributed by atoms with Crippen LogP contribution in [0.1, 0.15) is 59.2 Å². The zero-order chi connectivity index (χ0) is 19.6. The van der Waals surface area contributed by atoms with E-state index in [9.17, 15) is 19.8 Å². The molecule has 1 aliphatic carbocycles. The van der Waals surface area contributed by atoms with Gasteiger partial charge in [-0.3, -0.25) is 4.79 Å². The molecule has 0 aromatic heterocycles. The number of phenols is 1. The van der Waals surface area contributed by atoms with Gasteiger partial charge in [-0.15, -0.1) is 0 Å². The molecule has 6 nitrogen and oxygen atoms in total. The number of cyclic esters (lactones) is 1. The van der Waals surface area contributed by atoms with E-state index in [1.807, 2.05) is 19.1 Å². The average molecular weight is 374 g/mol. The third-order valence-corrected chi connectivity index (χ3v) is 5.74. The maximum atomic E-state index is 12.0. The molecule has 2 atom stereocenters. The van der Waals surface area contributed by atoms with Crippen molar-refractivity contribution >= 4 is 11.9 Å². The number of hydrogen-bond donors (Lipinski definition) is 2. The lowest BCUT2D eigenvalue weighted by molar-refractivity contribution is -0.143. The van der Waals surface area contributed by atoms with Crippen LogP contribution in [0.25, 0.3) is 0 Å². The number of carboxylic acid groups (broad SMARTS) is 1. The monoisotopic (exact) mass is 374 g/mol. The van der Waals surface area contributed by atoms with E-state index in [1.54, 1.807) is 0 Å². The molecule has 146 valence electrons. The van der Waals surface area contributed by atoms with Crippen LogP contribution in [0.3, 0.4) is 0 Å². The maximum Gasteiger partial charge on any atom is 0.342 e. The van der Waals surface area contributed by atoms with Crippen LogP contribution < -0.4 is 4.74 Å². The highest BCUT2D eigenvalue weighted by atomic mass is 16.5. The molecule has 1 aromatic rings. The number of carbonyl (C=O) groups excluding carboxylic acids is 1. The topological polar surface area (TPSA) is 93.1 Å². The molecule has 1 saturated carbocycles. The second-order valence-electron chi connectivity index (χ2n) is 7.29. The summed E-state index contributed by atoms with van der Waals surface area (Å²) in [6.07, 6.45) is 8.78. The minimum absolute atomic E-state index is 0.0152. The van der Waals surface area contributed by atoms with E-state index in [4.69, 9.17) is 9.47 Å². The molecule has 1 aromatic carbocycles. The number of phenolic OH excluding ortho intramolecular Hbond substituents is 1. The van der Waals surface area contributed by atoms with Gasteiger partial charge in [0.05, 0.1) is 13.0 Å². The number of aromatic hydroxyl groups is 1. The van der Waals surface area contributed by atoms with Gasteiger partial charge in [-0.25, -0.2) is 4.79 Å². The highest BCUT2D eigenvalue weighted by Gasteiger charge is 2.32. The van der Waals surface area contributed by atoms with Crippen molar-refractivity contribution in [1.29, 1.82) is 0 Å². The van der Waals surface area contributed by atoms with E-state index in [-0.39, 0.29) is 29.8 Å². The van der Waals surface area contributed by atoms with Crippen LogP contribution >= 0.6 is 0 Å². The van der Waals surface area contributed by atoms with Gasteiger partial charge in [0.2, 0.25) is 0 Å². The molecule has 6 heteroatoms. The molecular formula is C21H26O6. The van der Waals surface area contributed by atoms with Crippen LogP contribution in [0.5, 0.6) is 11.5 Å². The summed E-state index contributed by atoms with van der Waals surface area (Å²) in [6.45, 7) is 1.99. The first-order valence-electron chi connectivity index (χ1n) is 9.43. The van der Waals surface area contributed by atoms with E-state index in [0.29, 0.717) is 29.7 Å². The summed E-state index contributed by atoms with van der Waals surface area (Å²) < 4.78 is 10.5. The van der Waals surface area contributed by atoms with Gasteiger partial charge in [-0.2, -0.15) is 0 Å². The van der Waals surface area contributed by atoms with Gasteiger partial charge in [-0.05, 0) is 37.7 Å². The van der Waals surface area contributed by atoms with E-state index in [0.717, 1.165) is 31.2 Å². The molecule has 2 aliphatic rings. The molecule has 0 spiro atoms. The van der Waals surface area contributed by atoms with Crippen LogP contribution in [-0.2, 0) is 22.6 Å². The van der Waals surface area contributed by atoms with Crippen molar-refractivity contribution in [2.75, 3.05) is 7.11 Å². The first kappa shape index (κ1) is 19.3. The molecule has 1 fully saturated rings. The third-order valence-electron chi connectivity index (χ3n) is 5.74. The molecular weight excluding hydrogens is 348 g/mol. The molecule has 3 rings (SSSR count). The molecule has 1 heterocycles. The number of aliphatic carboxylic acids is 1. The molecule has 0 saturated heterocycles. The Bertz CT molecular complexity index is 780. The number of hydrogen-bond acceptors (Lipinski definition) is 5. The quantitative estimate of drug-likeness (QED) is 0.463. The van der Waals surface area contributed by atoms with Gasteiger partial charge in [-0.1, -0.05) is 31.4 Å². The Kier molecular flexibility index (Phi) is 5.73. The highest BCUT2D eigenvalue weighted by Crippen LogP contribution is 2.42. The number of carboxylic acids is 1. The molecule has 0 bridgehead atoms. The first-order chi connectivity index (χ1) is 13.0. The Hall–Kier alpha value is -2.50. The van der Waals surface area contributed by atoms with Crippen molar-refractivity contribution in [1.82, 2.24) is 0 Å². The fourth-order valence-corrected chi connectivity index (χ4v) is 4.26. The Morgan fingerprint density at radius 3 is 2.74 bits per heavy atom. The zero-order valence-electron chi connectivity index (χ0n) is 15.8. The normalized spacial score (nSPS) is 22.4. The second-order valence-corrected chi connectivity index (χ2v) is 7.29. The Morgan fingerprint density at radius 2 is 2.04 bits per heavy atom. The maximum absolute atomic E-state index is 12.0. The molecule has 0 radical (unpaired) electrons. The largest absolute Gasteiger partial charge is 0.507 e. The van der Waals surface area contributed by atoms with Crippen LogP contribution in [0, 0.1) is 18.8 Å². The summed E-state index contributed by atoms with van der Waals surface area (Å²) >= 11 is 0. The van der Waals surface area contributed by atoms with Gasteiger partial charge in [0, 0.05) is 11.1 Å². The van der Waals surface area contributed by atoms with Gasteiger partial charge in [0.25, 0.3) is 0 Å². The summed E-state index contributed by atoms with van der Waals surface area (Å²) in [7, 11) is 1.53. The van der Waals surface area contributed by atoms with Gasteiger partial charge in [0.15, 0.2) is 0 Å². The van der Waals surface area contributed by atoms with Crippen LogP contribution in [0.15, 0.2) is 12.2 Å². The van der Waals surface area contributed by atoms with Crippen LogP contribution in [0.4, 0.5) is 0 Å². The molecule has 1 aliphatic heterocycles. The van der Waals surface area contributed by atoms with E-state index >= 15 is 0 Å². The molecule has 27 heavy (non-hydrogen) atoms. The number of methoxy groups -OCH3 is 1. The Morgan fingerprint density at radius 1 is 1.30 bits per heavy atom. The number of ether oxygens (including phenoxy) is 2.